The van der Waals surface area contributed by atoms with Crippen LogP contribution >= 0.6 is 0 Å². The van der Waals surface area contributed by atoms with E-state index >= 15 is 0 Å². The molecule has 5 nitrogen and oxygen atoms in total. The molecule has 0 radical (unpaired) electrons. The van der Waals surface area contributed by atoms with E-state index in [9.17, 15) is 9.90 Å². The van der Waals surface area contributed by atoms with Crippen LogP contribution in [0.25, 0.3) is 0 Å². The summed E-state index contributed by atoms with van der Waals surface area (Å²) in [4.78, 5) is 16.5. The minimum Gasteiger partial charge on any atom is -0.365 e. The van der Waals surface area contributed by atoms with Gasteiger partial charge >= 0.3 is 0 Å². The van der Waals surface area contributed by atoms with Crippen molar-refractivity contribution in [1.82, 2.24) is 9.99 Å². The van der Waals surface area contributed by atoms with Crippen molar-refractivity contribution in [2.75, 3.05) is 0 Å². The third-order valence-electron chi connectivity index (χ3n) is 3.46. The fraction of sp³-hybridized carbons (Fsp3) is 0.188. The molecular formula is C16H15N3O2. The molecule has 0 bridgehead atoms. The zero-order valence-corrected chi connectivity index (χ0v) is 11.6. The molecule has 0 unspecified atom stereocenters. The van der Waals surface area contributed by atoms with Crippen molar-refractivity contribution in [1.29, 1.82) is 0 Å². The number of hydrogen-bond donors (Lipinski definition) is 1. The summed E-state index contributed by atoms with van der Waals surface area (Å²) in [6.07, 6.45) is 3.36. The third kappa shape index (κ3) is 2.32. The Balaban J connectivity index is 2.01. The highest BCUT2D eigenvalue weighted by molar-refractivity contribution is 5.97. The highest BCUT2D eigenvalue weighted by Gasteiger charge is 2.45. The van der Waals surface area contributed by atoms with Gasteiger partial charge in [-0.3, -0.25) is 9.78 Å². The van der Waals surface area contributed by atoms with Crippen molar-refractivity contribution in [3.63, 3.8) is 0 Å². The molecule has 0 fully saturated rings. The average molecular weight is 281 g/mol. The predicted octanol–water partition coefficient (Wildman–Crippen LogP) is 2.15. The predicted molar refractivity (Wildman–Crippen MR) is 78.5 cm³/mol. The van der Waals surface area contributed by atoms with Gasteiger partial charge in [0.25, 0.3) is 5.91 Å². The number of hydrogen-bond acceptors (Lipinski definition) is 4. The van der Waals surface area contributed by atoms with E-state index in [1.54, 1.807) is 37.4 Å². The number of pyridine rings is 1. The summed E-state index contributed by atoms with van der Waals surface area (Å²) < 4.78 is 0. The van der Waals surface area contributed by atoms with Gasteiger partial charge in [0.15, 0.2) is 5.72 Å². The number of amides is 1. The molecule has 21 heavy (non-hydrogen) atoms. The lowest BCUT2D eigenvalue weighted by Gasteiger charge is -2.31. The molecule has 106 valence electrons. The molecule has 1 aromatic carbocycles. The molecular weight excluding hydrogens is 266 g/mol. The van der Waals surface area contributed by atoms with Gasteiger partial charge in [-0.25, -0.2) is 0 Å². The highest BCUT2D eigenvalue weighted by Crippen LogP contribution is 2.36. The number of carbonyl (C=O) groups is 1. The number of hydrazone groups is 1. The standard InChI is InChI=1S/C16H15N3O2/c1-12-10-16(21,14-7-3-2-4-8-14)19(18-12)15(20)13-6-5-9-17-11-13/h2-9,11,21H,10H2,1H3/t16-/m1/s1. The Labute approximate surface area is 122 Å². The van der Waals surface area contributed by atoms with Crippen LogP contribution in [0.3, 0.4) is 0 Å². The monoisotopic (exact) mass is 281 g/mol. The number of nitrogens with zero attached hydrogens (tertiary/aromatic N) is 3. The van der Waals surface area contributed by atoms with Gasteiger partial charge in [-0.2, -0.15) is 10.1 Å². The number of aliphatic hydroxyl groups is 1. The van der Waals surface area contributed by atoms with E-state index in [4.69, 9.17) is 0 Å². The maximum absolute atomic E-state index is 12.6. The van der Waals surface area contributed by atoms with E-state index in [0.29, 0.717) is 23.3 Å². The van der Waals surface area contributed by atoms with Crippen LogP contribution in [-0.2, 0) is 5.72 Å². The lowest BCUT2D eigenvalue weighted by Crippen LogP contribution is -2.43. The van der Waals surface area contributed by atoms with E-state index in [0.717, 1.165) is 5.01 Å². The topological polar surface area (TPSA) is 65.8 Å². The maximum atomic E-state index is 12.6. The van der Waals surface area contributed by atoms with Crippen LogP contribution in [0.5, 0.6) is 0 Å². The molecule has 2 aromatic rings. The second-order valence-corrected chi connectivity index (χ2v) is 5.05. The summed E-state index contributed by atoms with van der Waals surface area (Å²) in [5, 5.41) is 16.4. The van der Waals surface area contributed by atoms with Crippen LogP contribution < -0.4 is 0 Å². The smallest absolute Gasteiger partial charge is 0.278 e. The van der Waals surface area contributed by atoms with E-state index < -0.39 is 5.72 Å². The third-order valence-corrected chi connectivity index (χ3v) is 3.46. The van der Waals surface area contributed by atoms with Crippen LogP contribution in [0.2, 0.25) is 0 Å². The molecule has 0 spiro atoms. The van der Waals surface area contributed by atoms with Crippen molar-refractivity contribution in [2.45, 2.75) is 19.1 Å². The Morgan fingerprint density at radius 3 is 2.67 bits per heavy atom. The number of rotatable bonds is 2. The Morgan fingerprint density at radius 1 is 1.24 bits per heavy atom. The molecule has 5 heteroatoms. The molecule has 1 atom stereocenters. The van der Waals surface area contributed by atoms with Crippen LogP contribution in [0, 0.1) is 0 Å². The van der Waals surface area contributed by atoms with Crippen molar-refractivity contribution in [2.24, 2.45) is 5.10 Å². The summed E-state index contributed by atoms with van der Waals surface area (Å²) in [6.45, 7) is 1.80. The van der Waals surface area contributed by atoms with E-state index in [-0.39, 0.29) is 5.91 Å². The molecule has 1 aliphatic rings. The second kappa shape index (κ2) is 5.10. The molecule has 0 aliphatic carbocycles. The quantitative estimate of drug-likeness (QED) is 0.917. The first-order valence-electron chi connectivity index (χ1n) is 6.68. The lowest BCUT2D eigenvalue weighted by atomic mass is 9.97. The average Bonchev–Trinajstić information content (AvgIpc) is 2.84. The van der Waals surface area contributed by atoms with Gasteiger partial charge in [-0.1, -0.05) is 30.3 Å². The minimum absolute atomic E-state index is 0.295. The molecule has 0 saturated heterocycles. The largest absolute Gasteiger partial charge is 0.365 e. The second-order valence-electron chi connectivity index (χ2n) is 5.05. The van der Waals surface area contributed by atoms with Gasteiger partial charge in [-0.15, -0.1) is 0 Å². The van der Waals surface area contributed by atoms with Gasteiger partial charge in [0, 0.05) is 30.1 Å². The van der Waals surface area contributed by atoms with E-state index in [2.05, 4.69) is 10.1 Å². The molecule has 1 aromatic heterocycles. The summed E-state index contributed by atoms with van der Waals surface area (Å²) in [5.41, 5.74) is 0.296. The van der Waals surface area contributed by atoms with Crippen molar-refractivity contribution in [3.05, 3.63) is 66.0 Å². The Morgan fingerprint density at radius 2 is 2.00 bits per heavy atom. The van der Waals surface area contributed by atoms with Crippen molar-refractivity contribution >= 4 is 11.6 Å². The SMILES string of the molecule is CC1=NN(C(=O)c2cccnc2)[C@](O)(c2ccccc2)C1. The van der Waals surface area contributed by atoms with Gasteiger partial charge in [0.1, 0.15) is 0 Å². The zero-order chi connectivity index (χ0) is 14.9. The van der Waals surface area contributed by atoms with Crippen LogP contribution in [0.4, 0.5) is 0 Å². The Hall–Kier alpha value is -2.53. The van der Waals surface area contributed by atoms with Crippen LogP contribution in [0.15, 0.2) is 60.0 Å². The lowest BCUT2D eigenvalue weighted by molar-refractivity contribution is -0.0765. The van der Waals surface area contributed by atoms with Gasteiger partial charge in [0.05, 0.1) is 5.56 Å². The summed E-state index contributed by atoms with van der Waals surface area (Å²) in [5.74, 6) is -0.369. The first-order valence-corrected chi connectivity index (χ1v) is 6.68. The first kappa shape index (κ1) is 13.5. The van der Waals surface area contributed by atoms with Crippen molar-refractivity contribution < 1.29 is 9.90 Å². The molecule has 1 N–H and O–H groups in total. The summed E-state index contributed by atoms with van der Waals surface area (Å²) in [7, 11) is 0. The Kier molecular flexibility index (Phi) is 3.27. The minimum atomic E-state index is -1.45. The molecule has 3 rings (SSSR count). The molecule has 0 saturated carbocycles. The maximum Gasteiger partial charge on any atom is 0.278 e. The van der Waals surface area contributed by atoms with Crippen molar-refractivity contribution in [3.8, 4) is 0 Å². The Bertz CT molecular complexity index is 685. The summed E-state index contributed by atoms with van der Waals surface area (Å²) >= 11 is 0. The number of aromatic nitrogens is 1. The first-order chi connectivity index (χ1) is 10.1. The zero-order valence-electron chi connectivity index (χ0n) is 11.6. The molecule has 1 aliphatic heterocycles. The molecule has 1 amide bonds. The molecule has 2 heterocycles. The van der Waals surface area contributed by atoms with Crippen LogP contribution in [-0.4, -0.2) is 26.7 Å². The van der Waals surface area contributed by atoms with E-state index in [1.807, 2.05) is 18.2 Å². The fourth-order valence-electron chi connectivity index (χ4n) is 2.47. The normalized spacial score (nSPS) is 21.2. The van der Waals surface area contributed by atoms with Gasteiger partial charge < -0.3 is 5.11 Å². The fourth-order valence-corrected chi connectivity index (χ4v) is 2.47. The summed E-state index contributed by atoms with van der Waals surface area (Å²) in [6, 6.07) is 12.4. The number of benzene rings is 1. The highest BCUT2D eigenvalue weighted by atomic mass is 16.3. The van der Waals surface area contributed by atoms with Gasteiger partial charge in [-0.05, 0) is 19.1 Å². The van der Waals surface area contributed by atoms with E-state index in [1.165, 1.54) is 6.20 Å². The van der Waals surface area contributed by atoms with Gasteiger partial charge in [0.2, 0.25) is 0 Å². The number of carbonyl (C=O) groups excluding carboxylic acids is 1. The van der Waals surface area contributed by atoms with Crippen LogP contribution in [0.1, 0.15) is 29.3 Å².